The van der Waals surface area contributed by atoms with Gasteiger partial charge >= 0.3 is 119 Å². The number of halogens is 3. The molecule has 3 aromatic carbocycles. The minimum atomic E-state index is -0.459. The van der Waals surface area contributed by atoms with Gasteiger partial charge in [-0.3, -0.25) is 44.0 Å². The summed E-state index contributed by atoms with van der Waals surface area (Å²) in [6, 6.07) is 30.9. The van der Waals surface area contributed by atoms with E-state index in [1.54, 1.807) is 13.8 Å². The molecule has 5 atom stereocenters. The Kier molecular flexibility index (Phi) is 26.5. The van der Waals surface area contributed by atoms with Crippen LogP contribution in [0.25, 0.3) is 0 Å². The van der Waals surface area contributed by atoms with Crippen molar-refractivity contribution in [1.82, 2.24) is 64.8 Å². The number of fused-ring (bicyclic) bond motifs is 6. The zero-order valence-corrected chi connectivity index (χ0v) is 64.0. The topological polar surface area (TPSA) is 217 Å². The summed E-state index contributed by atoms with van der Waals surface area (Å²) in [6.07, 6.45) is 19.1. The number of nitrogens with one attached hydrogen (secondary N) is 2. The van der Waals surface area contributed by atoms with E-state index in [0.717, 1.165) is 195 Å². The SMILES string of the molecule is CC(NCB=O)C(=O)N1CCC(CC(=O)N2CCN(C3c4ccc(Cl)cc4CCc4cccnc43)CC2)CC1.C[C@H](N)C(=O)N1CCC(CC(=O)N2CCN(C3c4ccc(Cl)cc4CCc4cccnc43)CC2)CC1.O=C(CC1CCNCC1)N1CCN(C2c3ccc(Cl)cc3CCc3cccnc32)CC1. The molecule has 0 bridgehead atoms. The fourth-order valence-corrected chi connectivity index (χ4v) is 18.3. The Hall–Kier alpha value is -7.05. The van der Waals surface area contributed by atoms with Crippen molar-refractivity contribution in [2.24, 2.45) is 23.5 Å². The summed E-state index contributed by atoms with van der Waals surface area (Å²) in [7, 11) is 0.767. The molecular weight excluding hydrogens is 1390 g/mol. The molecule has 5 amide bonds. The molecular formula is C82H104BCl3N14O6. The average molecular weight is 1500 g/mol. The van der Waals surface area contributed by atoms with Gasteiger partial charge in [0, 0.05) is 125 Å². The van der Waals surface area contributed by atoms with Crippen LogP contribution < -0.4 is 16.4 Å². The molecule has 20 nitrogen and oxygen atoms in total. The molecule has 6 aromatic rings. The number of hydrogen-bond acceptors (Lipinski definition) is 15. The third-order valence-corrected chi connectivity index (χ3v) is 24.5. The maximum Gasteiger partial charge on any atom is 0.239 e. The van der Waals surface area contributed by atoms with Crippen molar-refractivity contribution >= 4 is 71.5 Å². The maximum absolute atomic E-state index is 13.2. The van der Waals surface area contributed by atoms with Crippen LogP contribution in [-0.4, -0.2) is 227 Å². The van der Waals surface area contributed by atoms with Gasteiger partial charge < -0.3 is 25.8 Å². The molecule has 4 unspecified atom stereocenters. The minimum absolute atomic E-state index is 0.00863. The van der Waals surface area contributed by atoms with Crippen LogP contribution in [0.4, 0.5) is 0 Å². The molecule has 0 spiro atoms. The number of amides is 5. The molecule has 0 saturated carbocycles. The standard InChI is InChI=1S/C29H37BClN5O3.C28H36ClN5O2.C25H31ClN4O/c1-20(33-19-30-39)29(38)36-11-8-21(9-12-36)17-26(37)34-13-15-35(16-14-34)28-25-7-6-24(31)18-23(25)5-4-22-3-2-10-32-27(22)28;1-19(30)28(36)34-11-8-20(9-12-34)17-25(35)32-13-15-33(16-14-32)27-24-7-6-23(29)18-22(24)5-4-21-3-2-10-31-26(21)27;26-21-5-6-22-20(17-21)4-3-19-2-1-9-28-24(19)25(22)30-14-12-29(13-15-30)23(31)16-18-7-10-27-11-8-18/h2-3,6-7,10,18,20-21,28,33H,4-5,8-9,11-17,19H2,1H3;2-3,6-7,10,18-20,27H,4-5,8-9,11-17,30H2,1H3;1-2,5-6,9,17-18,25,27H,3-4,7-8,10-16H2/t;19-,27?;/m.0./s1. The van der Waals surface area contributed by atoms with E-state index in [-0.39, 0.29) is 54.2 Å². The van der Waals surface area contributed by atoms with E-state index in [0.29, 0.717) is 82.2 Å². The van der Waals surface area contributed by atoms with Crippen molar-refractivity contribution in [2.45, 2.75) is 140 Å². The number of aromatic nitrogens is 3. The van der Waals surface area contributed by atoms with Gasteiger partial charge in [0.25, 0.3) is 0 Å². The van der Waals surface area contributed by atoms with E-state index in [2.05, 4.69) is 84.8 Å². The Morgan fingerprint density at radius 2 is 0.764 bits per heavy atom. The Balaban J connectivity index is 0.000000142. The van der Waals surface area contributed by atoms with Crippen LogP contribution in [0, 0.1) is 17.8 Å². The summed E-state index contributed by atoms with van der Waals surface area (Å²) in [4.78, 5) is 95.8. The minimum Gasteiger partial charge on any atom is -0.341 e. The zero-order chi connectivity index (χ0) is 73.8. The first-order chi connectivity index (χ1) is 51.5. The Morgan fingerprint density at radius 3 is 1.09 bits per heavy atom. The molecule has 562 valence electrons. The third-order valence-electron chi connectivity index (χ3n) is 23.8. The number of piperazine rings is 3. The number of rotatable bonds is 14. The molecule has 6 aliphatic heterocycles. The van der Waals surface area contributed by atoms with Gasteiger partial charge in [0.15, 0.2) is 0 Å². The number of nitrogens with zero attached hydrogens (tertiary/aromatic N) is 11. The van der Waals surface area contributed by atoms with Crippen LogP contribution in [0.2, 0.25) is 15.1 Å². The van der Waals surface area contributed by atoms with Crippen molar-refractivity contribution in [3.8, 4) is 0 Å². The summed E-state index contributed by atoms with van der Waals surface area (Å²) >= 11 is 19.0. The third kappa shape index (κ3) is 18.8. The number of aryl methyl sites for hydroxylation is 6. The van der Waals surface area contributed by atoms with Gasteiger partial charge in [-0.1, -0.05) is 71.2 Å². The average Bonchev–Trinajstić information content (AvgIpc) is 1.56. The molecule has 3 aromatic heterocycles. The molecule has 3 aliphatic carbocycles. The molecule has 6 fully saturated rings. The monoisotopic (exact) mass is 1500 g/mol. The number of likely N-dealkylation sites (tertiary alicyclic amines) is 2. The van der Waals surface area contributed by atoms with Crippen LogP contribution in [0.5, 0.6) is 0 Å². The van der Waals surface area contributed by atoms with Crippen LogP contribution >= 0.6 is 34.8 Å². The molecule has 6 saturated heterocycles. The van der Waals surface area contributed by atoms with Crippen molar-refractivity contribution in [3.63, 3.8) is 0 Å². The van der Waals surface area contributed by atoms with Gasteiger partial charge in [-0.2, -0.15) is 0 Å². The Labute approximate surface area is 641 Å². The Bertz CT molecular complexity index is 4050. The zero-order valence-electron chi connectivity index (χ0n) is 61.7. The fraction of sp³-hybridized carbons (Fsp3) is 0.537. The number of benzene rings is 3. The number of piperidine rings is 3. The summed E-state index contributed by atoms with van der Waals surface area (Å²) in [5.41, 5.74) is 20.8. The smallest absolute Gasteiger partial charge is 0.239 e. The van der Waals surface area contributed by atoms with Gasteiger partial charge in [-0.15, -0.1) is 0 Å². The molecule has 9 heterocycles. The van der Waals surface area contributed by atoms with Crippen LogP contribution in [0.15, 0.2) is 110 Å². The normalized spacial score (nSPS) is 21.7. The summed E-state index contributed by atoms with van der Waals surface area (Å²) in [5, 5.41) is 8.65. The van der Waals surface area contributed by atoms with Gasteiger partial charge in [-0.05, 0) is 201 Å². The van der Waals surface area contributed by atoms with E-state index in [1.807, 2.05) is 74.6 Å². The van der Waals surface area contributed by atoms with Crippen LogP contribution in [-0.2, 0) is 67.2 Å². The number of pyridine rings is 3. The molecule has 0 radical (unpaired) electrons. The largest absolute Gasteiger partial charge is 0.341 e. The summed E-state index contributed by atoms with van der Waals surface area (Å²) in [6.45, 7) is 17.8. The second-order valence-corrected chi connectivity index (χ2v) is 31.9. The van der Waals surface area contributed by atoms with Gasteiger partial charge in [0.05, 0.1) is 41.2 Å². The molecule has 106 heavy (non-hydrogen) atoms. The van der Waals surface area contributed by atoms with Crippen molar-refractivity contribution < 1.29 is 28.7 Å². The number of carbonyl (C=O) groups excluding carboxylic acids is 5. The van der Waals surface area contributed by atoms with Crippen molar-refractivity contribution in [2.75, 3.05) is 124 Å². The van der Waals surface area contributed by atoms with Gasteiger partial charge in [-0.25, -0.2) is 0 Å². The number of hydrogen-bond donors (Lipinski definition) is 3. The second kappa shape index (κ2) is 36.4. The maximum atomic E-state index is 13.2. The number of nitrogens with two attached hydrogens (primary N) is 1. The predicted molar refractivity (Wildman–Crippen MR) is 415 cm³/mol. The molecule has 24 heteroatoms. The van der Waals surface area contributed by atoms with E-state index < -0.39 is 6.04 Å². The first-order valence-corrected chi connectivity index (χ1v) is 40.1. The Morgan fingerprint density at radius 1 is 0.443 bits per heavy atom. The quantitative estimate of drug-likeness (QED) is 0.0867. The fourth-order valence-electron chi connectivity index (χ4n) is 17.7. The summed E-state index contributed by atoms with van der Waals surface area (Å²) < 4.78 is 10.6. The van der Waals surface area contributed by atoms with Gasteiger partial charge in [0.2, 0.25) is 17.7 Å². The first-order valence-electron chi connectivity index (χ1n) is 39.0. The van der Waals surface area contributed by atoms with E-state index in [1.165, 1.54) is 50.1 Å². The van der Waals surface area contributed by atoms with E-state index in [4.69, 9.17) is 55.5 Å². The number of carbonyl (C=O) groups is 5. The summed E-state index contributed by atoms with van der Waals surface area (Å²) in [5.74, 6) is 1.99. The second-order valence-electron chi connectivity index (χ2n) is 30.6. The molecule has 15 rings (SSSR count). The van der Waals surface area contributed by atoms with Crippen LogP contribution in [0.1, 0.15) is 157 Å². The van der Waals surface area contributed by atoms with Crippen molar-refractivity contribution in [1.29, 1.82) is 0 Å². The van der Waals surface area contributed by atoms with Crippen molar-refractivity contribution in [3.05, 3.63) is 192 Å². The molecule has 9 aliphatic rings. The first kappa shape index (κ1) is 77.1. The van der Waals surface area contributed by atoms with E-state index >= 15 is 0 Å². The van der Waals surface area contributed by atoms with E-state index in [9.17, 15) is 28.7 Å². The predicted octanol–water partition coefficient (Wildman–Crippen LogP) is 9.18. The van der Waals surface area contributed by atoms with Crippen LogP contribution in [0.3, 0.4) is 0 Å². The molecule has 4 N–H and O–H groups in total. The van der Waals surface area contributed by atoms with Gasteiger partial charge in [0.1, 0.15) is 0 Å².